The van der Waals surface area contributed by atoms with Crippen LogP contribution in [0.5, 0.6) is 0 Å². The van der Waals surface area contributed by atoms with E-state index in [4.69, 9.17) is 11.6 Å². The SMILES string of the molecule is Cc1n[nH]c(C)c1S(=O)(=O)N(C)CCCCCCl. The molecule has 1 aromatic rings. The third kappa shape index (κ3) is 3.46. The maximum Gasteiger partial charge on any atom is 0.246 e. The summed E-state index contributed by atoms with van der Waals surface area (Å²) in [6, 6.07) is 0. The zero-order valence-corrected chi connectivity index (χ0v) is 12.6. The highest BCUT2D eigenvalue weighted by Crippen LogP contribution is 2.20. The molecular formula is C11H20ClN3O2S. The van der Waals surface area contributed by atoms with Gasteiger partial charge in [0, 0.05) is 19.5 Å². The lowest BCUT2D eigenvalue weighted by Crippen LogP contribution is -2.28. The summed E-state index contributed by atoms with van der Waals surface area (Å²) in [6.45, 7) is 3.91. The number of hydrogen-bond acceptors (Lipinski definition) is 3. The van der Waals surface area contributed by atoms with Gasteiger partial charge in [-0.25, -0.2) is 12.7 Å². The molecule has 1 N–H and O–H groups in total. The Balaban J connectivity index is 2.75. The third-order valence-electron chi connectivity index (χ3n) is 2.84. The zero-order valence-electron chi connectivity index (χ0n) is 11.0. The monoisotopic (exact) mass is 293 g/mol. The number of aryl methyl sites for hydroxylation is 2. The molecule has 0 saturated carbocycles. The minimum Gasteiger partial charge on any atom is -0.281 e. The van der Waals surface area contributed by atoms with Crippen LogP contribution >= 0.6 is 11.6 Å². The van der Waals surface area contributed by atoms with Crippen LogP contribution in [0.15, 0.2) is 4.90 Å². The molecule has 0 unspecified atom stereocenters. The Hall–Kier alpha value is -0.590. The van der Waals surface area contributed by atoms with E-state index in [0.29, 0.717) is 28.7 Å². The molecule has 0 amide bonds. The largest absolute Gasteiger partial charge is 0.281 e. The van der Waals surface area contributed by atoms with E-state index in [1.165, 1.54) is 4.31 Å². The quantitative estimate of drug-likeness (QED) is 0.618. The highest BCUT2D eigenvalue weighted by Gasteiger charge is 2.26. The van der Waals surface area contributed by atoms with E-state index in [2.05, 4.69) is 10.2 Å². The summed E-state index contributed by atoms with van der Waals surface area (Å²) >= 11 is 5.59. The molecule has 0 aliphatic heterocycles. The molecule has 104 valence electrons. The Morgan fingerprint density at radius 2 is 1.94 bits per heavy atom. The molecule has 0 atom stereocenters. The van der Waals surface area contributed by atoms with Gasteiger partial charge in [0.15, 0.2) is 0 Å². The van der Waals surface area contributed by atoms with Crippen LogP contribution in [0.2, 0.25) is 0 Å². The Morgan fingerprint density at radius 3 is 2.44 bits per heavy atom. The minimum atomic E-state index is -3.44. The van der Waals surface area contributed by atoms with Crippen LogP contribution in [-0.2, 0) is 10.0 Å². The van der Waals surface area contributed by atoms with E-state index >= 15 is 0 Å². The maximum absolute atomic E-state index is 12.3. The number of aromatic amines is 1. The van der Waals surface area contributed by atoms with Crippen molar-refractivity contribution in [3.8, 4) is 0 Å². The van der Waals surface area contributed by atoms with Gasteiger partial charge in [-0.15, -0.1) is 11.6 Å². The second-order valence-electron chi connectivity index (χ2n) is 4.34. The molecule has 7 heteroatoms. The van der Waals surface area contributed by atoms with Crippen LogP contribution in [0.3, 0.4) is 0 Å². The zero-order chi connectivity index (χ0) is 13.8. The van der Waals surface area contributed by atoms with Gasteiger partial charge < -0.3 is 0 Å². The summed E-state index contributed by atoms with van der Waals surface area (Å²) in [5.74, 6) is 0.621. The minimum absolute atomic E-state index is 0.294. The summed E-state index contributed by atoms with van der Waals surface area (Å²) in [5, 5.41) is 6.63. The summed E-state index contributed by atoms with van der Waals surface area (Å²) < 4.78 is 26.1. The Labute approximate surface area is 114 Å². The van der Waals surface area contributed by atoms with Crippen molar-refractivity contribution in [3.63, 3.8) is 0 Å². The Bertz CT molecular complexity index is 465. The van der Waals surface area contributed by atoms with Crippen LogP contribution < -0.4 is 0 Å². The highest BCUT2D eigenvalue weighted by atomic mass is 35.5. The molecule has 0 aromatic carbocycles. The molecule has 0 bridgehead atoms. The second kappa shape index (κ2) is 6.54. The van der Waals surface area contributed by atoms with Gasteiger partial charge in [-0.1, -0.05) is 6.42 Å². The average molecular weight is 294 g/mol. The predicted molar refractivity (Wildman–Crippen MR) is 72.4 cm³/mol. The van der Waals surface area contributed by atoms with Crippen molar-refractivity contribution in [1.82, 2.24) is 14.5 Å². The number of aromatic nitrogens is 2. The van der Waals surface area contributed by atoms with Gasteiger partial charge in [-0.05, 0) is 26.7 Å². The highest BCUT2D eigenvalue weighted by molar-refractivity contribution is 7.89. The normalized spacial score (nSPS) is 12.3. The van der Waals surface area contributed by atoms with Crippen molar-refractivity contribution in [2.24, 2.45) is 0 Å². The van der Waals surface area contributed by atoms with Gasteiger partial charge in [-0.2, -0.15) is 5.10 Å². The fourth-order valence-corrected chi connectivity index (χ4v) is 3.52. The summed E-state index contributed by atoms with van der Waals surface area (Å²) in [7, 11) is -1.84. The number of alkyl halides is 1. The molecule has 18 heavy (non-hydrogen) atoms. The number of nitrogens with zero attached hydrogens (tertiary/aromatic N) is 2. The first kappa shape index (κ1) is 15.5. The summed E-state index contributed by atoms with van der Waals surface area (Å²) in [6.07, 6.45) is 2.67. The van der Waals surface area contributed by atoms with Gasteiger partial charge in [0.2, 0.25) is 10.0 Å². The summed E-state index contributed by atoms with van der Waals surface area (Å²) in [5.41, 5.74) is 1.10. The number of hydrogen-bond donors (Lipinski definition) is 1. The van der Waals surface area contributed by atoms with E-state index in [-0.39, 0.29) is 0 Å². The number of sulfonamides is 1. The molecule has 0 aliphatic rings. The van der Waals surface area contributed by atoms with Crippen molar-refractivity contribution < 1.29 is 8.42 Å². The molecule has 0 spiro atoms. The topological polar surface area (TPSA) is 66.1 Å². The molecular weight excluding hydrogens is 274 g/mol. The molecule has 1 rings (SSSR count). The second-order valence-corrected chi connectivity index (χ2v) is 6.70. The van der Waals surface area contributed by atoms with E-state index in [1.807, 2.05) is 0 Å². The molecule has 0 fully saturated rings. The maximum atomic E-state index is 12.3. The van der Waals surface area contributed by atoms with Gasteiger partial charge in [0.25, 0.3) is 0 Å². The van der Waals surface area contributed by atoms with Gasteiger partial charge in [-0.3, -0.25) is 5.10 Å². The van der Waals surface area contributed by atoms with E-state index in [0.717, 1.165) is 19.3 Å². The van der Waals surface area contributed by atoms with Crippen molar-refractivity contribution >= 4 is 21.6 Å². The smallest absolute Gasteiger partial charge is 0.246 e. The van der Waals surface area contributed by atoms with E-state index in [9.17, 15) is 8.42 Å². The average Bonchev–Trinajstić information content (AvgIpc) is 2.64. The molecule has 1 heterocycles. The van der Waals surface area contributed by atoms with E-state index in [1.54, 1.807) is 20.9 Å². The summed E-state index contributed by atoms with van der Waals surface area (Å²) in [4.78, 5) is 0.294. The lowest BCUT2D eigenvalue weighted by molar-refractivity contribution is 0.454. The Morgan fingerprint density at radius 1 is 1.28 bits per heavy atom. The molecule has 5 nitrogen and oxygen atoms in total. The van der Waals surface area contributed by atoms with Crippen molar-refractivity contribution in [1.29, 1.82) is 0 Å². The van der Waals surface area contributed by atoms with Crippen LogP contribution in [0.1, 0.15) is 30.7 Å². The van der Waals surface area contributed by atoms with E-state index < -0.39 is 10.0 Å². The van der Waals surface area contributed by atoms with Crippen LogP contribution in [0.25, 0.3) is 0 Å². The number of rotatable bonds is 7. The van der Waals surface area contributed by atoms with Crippen LogP contribution in [0.4, 0.5) is 0 Å². The Kier molecular flexibility index (Phi) is 5.62. The van der Waals surface area contributed by atoms with Crippen molar-refractivity contribution in [3.05, 3.63) is 11.4 Å². The van der Waals surface area contributed by atoms with Gasteiger partial charge in [0.05, 0.1) is 11.4 Å². The van der Waals surface area contributed by atoms with Crippen LogP contribution in [-0.4, -0.2) is 42.4 Å². The number of halogens is 1. The number of nitrogens with one attached hydrogen (secondary N) is 1. The first-order valence-corrected chi connectivity index (χ1v) is 7.92. The lowest BCUT2D eigenvalue weighted by Gasteiger charge is -2.17. The third-order valence-corrected chi connectivity index (χ3v) is 5.22. The number of H-pyrrole nitrogens is 1. The predicted octanol–water partition coefficient (Wildman–Crippen LogP) is 2.06. The van der Waals surface area contributed by atoms with Crippen LogP contribution in [0, 0.1) is 13.8 Å². The fraction of sp³-hybridized carbons (Fsp3) is 0.727. The lowest BCUT2D eigenvalue weighted by atomic mass is 10.2. The van der Waals surface area contributed by atoms with Crippen molar-refractivity contribution in [2.75, 3.05) is 19.5 Å². The fourth-order valence-electron chi connectivity index (χ4n) is 1.80. The number of unbranched alkanes of at least 4 members (excludes halogenated alkanes) is 2. The van der Waals surface area contributed by atoms with Gasteiger partial charge >= 0.3 is 0 Å². The van der Waals surface area contributed by atoms with Crippen molar-refractivity contribution in [2.45, 2.75) is 38.0 Å². The first-order chi connectivity index (χ1) is 8.41. The molecule has 0 radical (unpaired) electrons. The molecule has 1 aromatic heterocycles. The molecule has 0 saturated heterocycles. The molecule has 0 aliphatic carbocycles. The first-order valence-electron chi connectivity index (χ1n) is 5.95. The standard InChI is InChI=1S/C11H20ClN3O2S/c1-9-11(10(2)14-13-9)18(16,17)15(3)8-6-4-5-7-12/h4-8H2,1-3H3,(H,13,14). The van der Waals surface area contributed by atoms with Gasteiger partial charge in [0.1, 0.15) is 4.90 Å².